The SMILES string of the molecule is CCN1C(=O)/C(=C/c2cn(-c3ccccc3)nc2-c2cc3ccccc3n2C)SC1=S. The zero-order chi connectivity index (χ0) is 21.5. The third-order valence-corrected chi connectivity index (χ3v) is 6.81. The average molecular weight is 445 g/mol. The van der Waals surface area contributed by atoms with Gasteiger partial charge >= 0.3 is 0 Å². The molecule has 2 aromatic heterocycles. The number of rotatable bonds is 4. The molecule has 0 atom stereocenters. The fraction of sp³-hybridized carbons (Fsp3) is 0.125. The van der Waals surface area contributed by atoms with Gasteiger partial charge in [0.15, 0.2) is 0 Å². The summed E-state index contributed by atoms with van der Waals surface area (Å²) in [7, 11) is 2.04. The van der Waals surface area contributed by atoms with Gasteiger partial charge in [-0.15, -0.1) is 0 Å². The molecule has 1 fully saturated rings. The van der Waals surface area contributed by atoms with E-state index in [-0.39, 0.29) is 5.91 Å². The van der Waals surface area contributed by atoms with Crippen LogP contribution in [-0.4, -0.2) is 36.0 Å². The third kappa shape index (κ3) is 3.40. The van der Waals surface area contributed by atoms with E-state index in [4.69, 9.17) is 17.3 Å². The molecule has 31 heavy (non-hydrogen) atoms. The maximum atomic E-state index is 12.8. The van der Waals surface area contributed by atoms with Crippen LogP contribution in [0.3, 0.4) is 0 Å². The van der Waals surface area contributed by atoms with Crippen LogP contribution in [0.15, 0.2) is 71.8 Å². The number of thiocarbonyl (C=S) groups is 1. The minimum Gasteiger partial charge on any atom is -0.342 e. The van der Waals surface area contributed by atoms with Crippen LogP contribution in [-0.2, 0) is 11.8 Å². The number of hydrogen-bond acceptors (Lipinski definition) is 4. The fourth-order valence-corrected chi connectivity index (χ4v) is 5.21. The van der Waals surface area contributed by atoms with Crippen molar-refractivity contribution in [2.45, 2.75) is 6.92 Å². The summed E-state index contributed by atoms with van der Waals surface area (Å²) in [5.74, 6) is -0.0482. The van der Waals surface area contributed by atoms with Gasteiger partial charge in [-0.2, -0.15) is 5.10 Å². The monoisotopic (exact) mass is 444 g/mol. The first-order valence-electron chi connectivity index (χ1n) is 10.0. The van der Waals surface area contributed by atoms with Gasteiger partial charge in [-0.25, -0.2) is 4.68 Å². The lowest BCUT2D eigenvalue weighted by atomic mass is 10.1. The molecule has 1 aliphatic heterocycles. The van der Waals surface area contributed by atoms with Gasteiger partial charge in [0.1, 0.15) is 10.0 Å². The molecule has 1 saturated heterocycles. The van der Waals surface area contributed by atoms with Crippen molar-refractivity contribution in [3.63, 3.8) is 0 Å². The van der Waals surface area contributed by atoms with Crippen molar-refractivity contribution < 1.29 is 4.79 Å². The summed E-state index contributed by atoms with van der Waals surface area (Å²) in [6.07, 6.45) is 3.88. The third-order valence-electron chi connectivity index (χ3n) is 5.43. The summed E-state index contributed by atoms with van der Waals surface area (Å²) >= 11 is 6.73. The molecule has 4 aromatic rings. The minimum absolute atomic E-state index is 0.0482. The van der Waals surface area contributed by atoms with Crippen molar-refractivity contribution in [1.29, 1.82) is 0 Å². The second-order valence-electron chi connectivity index (χ2n) is 7.29. The zero-order valence-electron chi connectivity index (χ0n) is 17.1. The number of amides is 1. The van der Waals surface area contributed by atoms with Crippen molar-refractivity contribution in [2.75, 3.05) is 6.54 Å². The number of carbonyl (C=O) groups excluding carboxylic acids is 1. The van der Waals surface area contributed by atoms with E-state index in [2.05, 4.69) is 22.8 Å². The molecule has 1 aliphatic rings. The van der Waals surface area contributed by atoms with E-state index in [0.29, 0.717) is 15.8 Å². The molecule has 2 aromatic carbocycles. The van der Waals surface area contributed by atoms with Crippen LogP contribution in [0.4, 0.5) is 0 Å². The van der Waals surface area contributed by atoms with Crippen LogP contribution in [0, 0.1) is 0 Å². The molecule has 0 bridgehead atoms. The van der Waals surface area contributed by atoms with E-state index >= 15 is 0 Å². The van der Waals surface area contributed by atoms with E-state index in [1.165, 1.54) is 11.8 Å². The molecule has 1 amide bonds. The van der Waals surface area contributed by atoms with Crippen LogP contribution in [0.2, 0.25) is 0 Å². The molecule has 7 heteroatoms. The van der Waals surface area contributed by atoms with Crippen LogP contribution >= 0.6 is 24.0 Å². The smallest absolute Gasteiger partial charge is 0.266 e. The summed E-state index contributed by atoms with van der Waals surface area (Å²) in [6, 6.07) is 20.4. The topological polar surface area (TPSA) is 43.1 Å². The van der Waals surface area contributed by atoms with Crippen LogP contribution in [0.5, 0.6) is 0 Å². The largest absolute Gasteiger partial charge is 0.342 e. The lowest BCUT2D eigenvalue weighted by molar-refractivity contribution is -0.121. The Bertz CT molecular complexity index is 1350. The highest BCUT2D eigenvalue weighted by Gasteiger charge is 2.31. The van der Waals surface area contributed by atoms with E-state index in [1.807, 2.05) is 73.4 Å². The number of likely N-dealkylation sites (N-methyl/N-ethyl adjacent to an activating group) is 1. The standard InChI is InChI=1S/C24H20N4OS2/c1-3-27-23(29)21(31-24(27)30)14-17-15-28(18-10-5-4-6-11-18)25-22(17)20-13-16-9-7-8-12-19(16)26(20)2/h4-15H,3H2,1-2H3/b21-14-. The Balaban J connectivity index is 1.69. The van der Waals surface area contributed by atoms with Gasteiger partial charge in [0, 0.05) is 36.3 Å². The molecule has 0 radical (unpaired) electrons. The second kappa shape index (κ2) is 7.83. The van der Waals surface area contributed by atoms with Gasteiger partial charge in [0.25, 0.3) is 5.91 Å². The minimum atomic E-state index is -0.0482. The number of aryl methyl sites for hydroxylation is 1. The van der Waals surface area contributed by atoms with Crippen molar-refractivity contribution in [2.24, 2.45) is 7.05 Å². The van der Waals surface area contributed by atoms with Crippen molar-refractivity contribution in [1.82, 2.24) is 19.2 Å². The molecule has 3 heterocycles. The number of aromatic nitrogens is 3. The van der Waals surface area contributed by atoms with Gasteiger partial charge < -0.3 is 4.57 Å². The van der Waals surface area contributed by atoms with Gasteiger partial charge in [0.2, 0.25) is 0 Å². The summed E-state index contributed by atoms with van der Waals surface area (Å²) in [5.41, 5.74) is 4.79. The molecule has 0 unspecified atom stereocenters. The van der Waals surface area contributed by atoms with E-state index in [0.717, 1.165) is 33.5 Å². The summed E-state index contributed by atoms with van der Waals surface area (Å²) in [5, 5.41) is 6.07. The van der Waals surface area contributed by atoms with Gasteiger partial charge in [-0.1, -0.05) is 60.4 Å². The average Bonchev–Trinajstić information content (AvgIpc) is 3.43. The lowest BCUT2D eigenvalue weighted by Crippen LogP contribution is -2.27. The quantitative estimate of drug-likeness (QED) is 0.318. The number of benzene rings is 2. The normalized spacial score (nSPS) is 15.5. The fourth-order valence-electron chi connectivity index (χ4n) is 3.83. The number of thioether (sulfide) groups is 1. The zero-order valence-corrected chi connectivity index (χ0v) is 18.8. The highest BCUT2D eigenvalue weighted by atomic mass is 32.2. The Morgan fingerprint density at radius 1 is 1.10 bits per heavy atom. The van der Waals surface area contributed by atoms with Crippen LogP contribution in [0.1, 0.15) is 12.5 Å². The van der Waals surface area contributed by atoms with Crippen molar-refractivity contribution in [3.8, 4) is 17.1 Å². The molecule has 154 valence electrons. The second-order valence-corrected chi connectivity index (χ2v) is 8.96. The highest BCUT2D eigenvalue weighted by Crippen LogP contribution is 2.35. The first kappa shape index (κ1) is 19.8. The highest BCUT2D eigenvalue weighted by molar-refractivity contribution is 8.26. The van der Waals surface area contributed by atoms with Gasteiger partial charge in [-0.05, 0) is 37.3 Å². The number of fused-ring (bicyclic) bond motifs is 1. The number of nitrogens with zero attached hydrogens (tertiary/aromatic N) is 4. The molecule has 0 aliphatic carbocycles. The van der Waals surface area contributed by atoms with Crippen LogP contribution in [0.25, 0.3) is 34.1 Å². The molecule has 0 N–H and O–H groups in total. The predicted molar refractivity (Wildman–Crippen MR) is 131 cm³/mol. The molecular formula is C24H20N4OS2. The van der Waals surface area contributed by atoms with Gasteiger partial charge in [-0.3, -0.25) is 9.69 Å². The summed E-state index contributed by atoms with van der Waals surface area (Å²) < 4.78 is 4.60. The van der Waals surface area contributed by atoms with E-state index in [9.17, 15) is 4.79 Å². The summed E-state index contributed by atoms with van der Waals surface area (Å²) in [6.45, 7) is 2.50. The first-order valence-corrected chi connectivity index (χ1v) is 11.2. The Morgan fingerprint density at radius 2 is 1.84 bits per heavy atom. The molecule has 0 spiro atoms. The van der Waals surface area contributed by atoms with Gasteiger partial charge in [0.05, 0.1) is 16.3 Å². The summed E-state index contributed by atoms with van der Waals surface area (Å²) in [4.78, 5) is 15.1. The Morgan fingerprint density at radius 3 is 2.55 bits per heavy atom. The Labute approximate surface area is 190 Å². The van der Waals surface area contributed by atoms with E-state index in [1.54, 1.807) is 4.90 Å². The Hall–Kier alpha value is -3.16. The molecule has 5 rings (SSSR count). The molecule has 5 nitrogen and oxygen atoms in total. The maximum Gasteiger partial charge on any atom is 0.266 e. The predicted octanol–water partition coefficient (Wildman–Crippen LogP) is 5.25. The number of para-hydroxylation sites is 2. The number of carbonyl (C=O) groups is 1. The Kier molecular flexibility index (Phi) is 5.00. The van der Waals surface area contributed by atoms with E-state index < -0.39 is 0 Å². The van der Waals surface area contributed by atoms with Crippen molar-refractivity contribution in [3.05, 3.63) is 77.3 Å². The molecule has 0 saturated carbocycles. The first-order chi connectivity index (χ1) is 15.1. The number of hydrogen-bond donors (Lipinski definition) is 0. The maximum absolute atomic E-state index is 12.8. The van der Waals surface area contributed by atoms with Crippen molar-refractivity contribution >= 4 is 51.2 Å². The van der Waals surface area contributed by atoms with Crippen LogP contribution < -0.4 is 0 Å². The lowest BCUT2D eigenvalue weighted by Gasteiger charge is -2.09. The molecular weight excluding hydrogens is 424 g/mol.